The largest absolute Gasteiger partial charge is 0.493 e. The van der Waals surface area contributed by atoms with Crippen LogP contribution in [0.4, 0.5) is 5.69 Å². The lowest BCUT2D eigenvalue weighted by atomic mass is 10.1. The minimum atomic E-state index is -0.352. The van der Waals surface area contributed by atoms with Crippen LogP contribution in [-0.2, 0) is 7.05 Å². The highest BCUT2D eigenvalue weighted by Gasteiger charge is 2.17. The fourth-order valence-electron chi connectivity index (χ4n) is 3.40. The number of aryl methyl sites for hydroxylation is 1. The van der Waals surface area contributed by atoms with Gasteiger partial charge in [0.1, 0.15) is 11.5 Å². The predicted octanol–water partition coefficient (Wildman–Crippen LogP) is 4.60. The first-order chi connectivity index (χ1) is 15.5. The van der Waals surface area contributed by atoms with Crippen molar-refractivity contribution in [1.82, 2.24) is 4.57 Å². The Kier molecular flexibility index (Phi) is 5.81. The number of carbonyl (C=O) groups is 1. The first-order valence-electron chi connectivity index (χ1n) is 9.90. The van der Waals surface area contributed by atoms with E-state index in [9.17, 15) is 9.59 Å². The summed E-state index contributed by atoms with van der Waals surface area (Å²) < 4.78 is 17.8. The summed E-state index contributed by atoms with van der Waals surface area (Å²) in [6.45, 7) is 0. The summed E-state index contributed by atoms with van der Waals surface area (Å²) in [5.74, 6) is 1.88. The summed E-state index contributed by atoms with van der Waals surface area (Å²) >= 11 is 0. The van der Waals surface area contributed by atoms with Crippen LogP contribution in [0.2, 0.25) is 0 Å². The number of rotatable bonds is 6. The predicted molar refractivity (Wildman–Crippen MR) is 123 cm³/mol. The van der Waals surface area contributed by atoms with Gasteiger partial charge in [-0.3, -0.25) is 9.59 Å². The fraction of sp³-hybridized carbons (Fsp3) is 0.120. The lowest BCUT2D eigenvalue weighted by Gasteiger charge is -2.14. The Morgan fingerprint density at radius 2 is 1.44 bits per heavy atom. The smallest absolute Gasteiger partial charge is 0.258 e. The van der Waals surface area contributed by atoms with E-state index >= 15 is 0 Å². The van der Waals surface area contributed by atoms with Gasteiger partial charge < -0.3 is 24.1 Å². The zero-order chi connectivity index (χ0) is 22.7. The van der Waals surface area contributed by atoms with E-state index in [4.69, 9.17) is 14.2 Å². The molecule has 32 heavy (non-hydrogen) atoms. The highest BCUT2D eigenvalue weighted by molar-refractivity contribution is 6.13. The van der Waals surface area contributed by atoms with Crippen molar-refractivity contribution < 1.29 is 19.0 Å². The molecule has 0 saturated carbocycles. The van der Waals surface area contributed by atoms with Gasteiger partial charge >= 0.3 is 0 Å². The van der Waals surface area contributed by atoms with Crippen molar-refractivity contribution in [3.05, 3.63) is 88.8 Å². The monoisotopic (exact) mass is 430 g/mol. The van der Waals surface area contributed by atoms with Crippen LogP contribution in [0, 0.1) is 0 Å². The summed E-state index contributed by atoms with van der Waals surface area (Å²) in [7, 11) is 4.60. The normalized spacial score (nSPS) is 10.6. The van der Waals surface area contributed by atoms with Crippen molar-refractivity contribution in [2.24, 2.45) is 7.05 Å². The number of benzene rings is 3. The fourth-order valence-corrected chi connectivity index (χ4v) is 3.40. The first kappa shape index (κ1) is 21.0. The SMILES string of the molecule is COc1cc2c(C(=O)Nc3ccc(Oc4ccccc4)cc3)cn(C)c(=O)c2cc1OC. The standard InChI is InChI=1S/C25H22N2O5/c1-27-15-21(19-13-22(30-2)23(31-3)14-20(19)25(27)29)24(28)26-16-9-11-18(12-10-16)32-17-7-5-4-6-8-17/h4-15H,1-3H3,(H,26,28). The van der Waals surface area contributed by atoms with Crippen LogP contribution in [0.3, 0.4) is 0 Å². The minimum absolute atomic E-state index is 0.236. The van der Waals surface area contributed by atoms with E-state index in [2.05, 4.69) is 5.32 Å². The van der Waals surface area contributed by atoms with Gasteiger partial charge in [0.2, 0.25) is 0 Å². The summed E-state index contributed by atoms with van der Waals surface area (Å²) in [5.41, 5.74) is 0.700. The van der Waals surface area contributed by atoms with Crippen LogP contribution in [-0.4, -0.2) is 24.7 Å². The number of hydrogen-bond acceptors (Lipinski definition) is 5. The van der Waals surface area contributed by atoms with Gasteiger partial charge in [-0.15, -0.1) is 0 Å². The molecule has 162 valence electrons. The quantitative estimate of drug-likeness (QED) is 0.484. The molecule has 4 aromatic rings. The molecule has 7 nitrogen and oxygen atoms in total. The number of fused-ring (bicyclic) bond motifs is 1. The Hall–Kier alpha value is -4.26. The molecular weight excluding hydrogens is 408 g/mol. The second-order valence-electron chi connectivity index (χ2n) is 7.11. The number of hydrogen-bond donors (Lipinski definition) is 1. The number of para-hydroxylation sites is 1. The molecule has 1 N–H and O–H groups in total. The number of anilines is 1. The lowest BCUT2D eigenvalue weighted by molar-refractivity contribution is 0.102. The highest BCUT2D eigenvalue weighted by Crippen LogP contribution is 2.32. The van der Waals surface area contributed by atoms with Crippen molar-refractivity contribution in [3.8, 4) is 23.0 Å². The second-order valence-corrected chi connectivity index (χ2v) is 7.11. The van der Waals surface area contributed by atoms with E-state index in [0.29, 0.717) is 39.3 Å². The highest BCUT2D eigenvalue weighted by atomic mass is 16.5. The molecule has 0 unspecified atom stereocenters. The number of ether oxygens (including phenoxy) is 3. The molecule has 0 spiro atoms. The van der Waals surface area contributed by atoms with Crippen LogP contribution < -0.4 is 25.1 Å². The van der Waals surface area contributed by atoms with Gasteiger partial charge in [0.05, 0.1) is 25.2 Å². The van der Waals surface area contributed by atoms with Crippen LogP contribution in [0.5, 0.6) is 23.0 Å². The maximum absolute atomic E-state index is 13.1. The van der Waals surface area contributed by atoms with Crippen molar-refractivity contribution in [2.45, 2.75) is 0 Å². The average molecular weight is 430 g/mol. The Morgan fingerprint density at radius 1 is 0.844 bits per heavy atom. The zero-order valence-corrected chi connectivity index (χ0v) is 17.9. The molecule has 3 aromatic carbocycles. The van der Waals surface area contributed by atoms with Gasteiger partial charge in [0.15, 0.2) is 11.5 Å². The number of carbonyl (C=O) groups excluding carboxylic acids is 1. The van der Waals surface area contributed by atoms with Crippen LogP contribution >= 0.6 is 0 Å². The van der Waals surface area contributed by atoms with Gasteiger partial charge in [-0.2, -0.15) is 0 Å². The summed E-state index contributed by atoms with van der Waals surface area (Å²) in [5, 5.41) is 3.72. The summed E-state index contributed by atoms with van der Waals surface area (Å²) in [4.78, 5) is 25.7. The summed E-state index contributed by atoms with van der Waals surface area (Å²) in [6.07, 6.45) is 1.51. The molecule has 0 aliphatic heterocycles. The van der Waals surface area contributed by atoms with Crippen molar-refractivity contribution in [2.75, 3.05) is 19.5 Å². The van der Waals surface area contributed by atoms with E-state index in [-0.39, 0.29) is 11.5 Å². The molecule has 0 bridgehead atoms. The lowest BCUT2D eigenvalue weighted by Crippen LogP contribution is -2.21. The van der Waals surface area contributed by atoms with Gasteiger partial charge in [-0.05, 0) is 48.5 Å². The van der Waals surface area contributed by atoms with Gasteiger partial charge in [0.25, 0.3) is 11.5 Å². The molecule has 1 aromatic heterocycles. The maximum atomic E-state index is 13.1. The molecule has 0 radical (unpaired) electrons. The van der Waals surface area contributed by atoms with Crippen molar-refractivity contribution >= 4 is 22.4 Å². The van der Waals surface area contributed by atoms with E-state index in [1.54, 1.807) is 43.4 Å². The third kappa shape index (κ3) is 4.13. The number of nitrogens with one attached hydrogen (secondary N) is 1. The van der Waals surface area contributed by atoms with E-state index in [1.165, 1.54) is 25.0 Å². The minimum Gasteiger partial charge on any atom is -0.493 e. The molecule has 1 heterocycles. The molecule has 0 aliphatic rings. The summed E-state index contributed by atoms with van der Waals surface area (Å²) in [6, 6.07) is 19.7. The molecule has 0 saturated heterocycles. The Balaban J connectivity index is 1.64. The van der Waals surface area contributed by atoms with Gasteiger partial charge in [-0.25, -0.2) is 0 Å². The molecule has 0 fully saturated rings. The van der Waals surface area contributed by atoms with Crippen LogP contribution in [0.15, 0.2) is 77.7 Å². The number of pyridine rings is 1. The topological polar surface area (TPSA) is 78.8 Å². The van der Waals surface area contributed by atoms with Gasteiger partial charge in [-0.1, -0.05) is 18.2 Å². The molecule has 0 atom stereocenters. The maximum Gasteiger partial charge on any atom is 0.258 e. The molecule has 1 amide bonds. The Bertz CT molecular complexity index is 1330. The molecule has 7 heteroatoms. The van der Waals surface area contributed by atoms with Crippen molar-refractivity contribution in [3.63, 3.8) is 0 Å². The van der Waals surface area contributed by atoms with Crippen LogP contribution in [0.25, 0.3) is 10.8 Å². The average Bonchev–Trinajstić information content (AvgIpc) is 2.82. The zero-order valence-electron chi connectivity index (χ0n) is 17.9. The first-order valence-corrected chi connectivity index (χ1v) is 9.90. The Labute approximate surface area is 184 Å². The van der Waals surface area contributed by atoms with Crippen LogP contribution in [0.1, 0.15) is 10.4 Å². The Morgan fingerprint density at radius 3 is 2.06 bits per heavy atom. The number of amides is 1. The second kappa shape index (κ2) is 8.85. The van der Waals surface area contributed by atoms with E-state index < -0.39 is 0 Å². The number of methoxy groups -OCH3 is 2. The van der Waals surface area contributed by atoms with E-state index in [0.717, 1.165) is 5.75 Å². The van der Waals surface area contributed by atoms with E-state index in [1.807, 2.05) is 30.3 Å². The number of aromatic nitrogens is 1. The molecule has 0 aliphatic carbocycles. The van der Waals surface area contributed by atoms with Gasteiger partial charge in [0, 0.05) is 24.3 Å². The van der Waals surface area contributed by atoms with Crippen molar-refractivity contribution in [1.29, 1.82) is 0 Å². The third-order valence-electron chi connectivity index (χ3n) is 5.02. The molecule has 4 rings (SSSR count). The molecular formula is C25H22N2O5. The number of nitrogens with zero attached hydrogens (tertiary/aromatic N) is 1. The third-order valence-corrected chi connectivity index (χ3v) is 5.02.